The van der Waals surface area contributed by atoms with Crippen molar-refractivity contribution in [3.05, 3.63) is 29.8 Å². The molecule has 0 heterocycles. The van der Waals surface area contributed by atoms with Crippen molar-refractivity contribution in [2.24, 2.45) is 11.3 Å². The molecule has 18 heavy (non-hydrogen) atoms. The first kappa shape index (κ1) is 15.6. The predicted octanol–water partition coefficient (Wildman–Crippen LogP) is 5.59. The molecule has 0 amide bonds. The summed E-state index contributed by atoms with van der Waals surface area (Å²) in [6.07, 6.45) is 1.15. The van der Waals surface area contributed by atoms with Crippen LogP contribution in [-0.4, -0.2) is 6.61 Å². The van der Waals surface area contributed by atoms with Crippen molar-refractivity contribution >= 4 is 15.9 Å². The summed E-state index contributed by atoms with van der Waals surface area (Å²) in [4.78, 5) is 0.419. The van der Waals surface area contributed by atoms with E-state index < -0.39 is 0 Å². The molecule has 0 fully saturated rings. The van der Waals surface area contributed by atoms with Gasteiger partial charge in [-0.2, -0.15) is 0 Å². The number of hydrogen-bond donors (Lipinski definition) is 0. The summed E-state index contributed by atoms with van der Waals surface area (Å²) in [6.45, 7) is 12.0. The van der Waals surface area contributed by atoms with Crippen LogP contribution in [0.5, 0.6) is 5.75 Å². The Morgan fingerprint density at radius 1 is 1.17 bits per heavy atom. The van der Waals surface area contributed by atoms with Crippen LogP contribution in [0.2, 0.25) is 0 Å². The van der Waals surface area contributed by atoms with Gasteiger partial charge in [-0.1, -0.05) is 55.8 Å². The van der Waals surface area contributed by atoms with E-state index in [9.17, 15) is 0 Å². The van der Waals surface area contributed by atoms with Gasteiger partial charge in [-0.15, -0.1) is 0 Å². The quantitative estimate of drug-likeness (QED) is 0.644. The van der Waals surface area contributed by atoms with Gasteiger partial charge in [0.05, 0.1) is 6.61 Å². The molecule has 0 saturated heterocycles. The molecule has 2 unspecified atom stereocenters. The van der Waals surface area contributed by atoms with Gasteiger partial charge in [0, 0.05) is 4.83 Å². The molecule has 0 spiro atoms. The van der Waals surface area contributed by atoms with Crippen LogP contribution in [-0.2, 0) is 0 Å². The highest BCUT2D eigenvalue weighted by Gasteiger charge is 2.23. The molecular formula is C16H25BrO. The lowest BCUT2D eigenvalue weighted by atomic mass is 9.79. The van der Waals surface area contributed by atoms with Gasteiger partial charge in [-0.25, -0.2) is 0 Å². The second-order valence-electron chi connectivity index (χ2n) is 5.97. The fraction of sp³-hybridized carbons (Fsp3) is 0.625. The zero-order chi connectivity index (χ0) is 13.8. The summed E-state index contributed by atoms with van der Waals surface area (Å²) < 4.78 is 5.46. The van der Waals surface area contributed by atoms with Crippen molar-refractivity contribution in [2.45, 2.75) is 45.9 Å². The maximum absolute atomic E-state index is 5.46. The van der Waals surface area contributed by atoms with Crippen molar-refractivity contribution in [2.75, 3.05) is 6.61 Å². The van der Waals surface area contributed by atoms with Gasteiger partial charge >= 0.3 is 0 Å². The second-order valence-corrected chi connectivity index (χ2v) is 7.08. The van der Waals surface area contributed by atoms with E-state index in [0.717, 1.165) is 18.8 Å². The van der Waals surface area contributed by atoms with E-state index in [2.05, 4.69) is 67.9 Å². The minimum Gasteiger partial charge on any atom is -0.494 e. The first-order valence-corrected chi connectivity index (χ1v) is 7.63. The van der Waals surface area contributed by atoms with Crippen molar-refractivity contribution < 1.29 is 4.74 Å². The standard InChI is InChI=1S/C16H25BrO/c1-6-18-14-9-7-13(8-10-14)15(17)11-12(2)16(3,4)5/h7-10,12,15H,6,11H2,1-5H3. The van der Waals surface area contributed by atoms with Crippen LogP contribution in [0, 0.1) is 11.3 Å². The molecule has 1 aromatic carbocycles. The van der Waals surface area contributed by atoms with E-state index in [1.807, 2.05) is 6.92 Å². The Balaban J connectivity index is 2.64. The van der Waals surface area contributed by atoms with Crippen LogP contribution >= 0.6 is 15.9 Å². The Morgan fingerprint density at radius 3 is 2.17 bits per heavy atom. The van der Waals surface area contributed by atoms with Gasteiger partial charge < -0.3 is 4.74 Å². The second kappa shape index (κ2) is 6.60. The molecule has 102 valence electrons. The zero-order valence-corrected chi connectivity index (χ0v) is 13.8. The molecule has 2 atom stereocenters. The summed E-state index contributed by atoms with van der Waals surface area (Å²) in [5.41, 5.74) is 1.69. The van der Waals surface area contributed by atoms with Crippen molar-refractivity contribution in [3.8, 4) is 5.75 Å². The molecular weight excluding hydrogens is 288 g/mol. The van der Waals surface area contributed by atoms with Crippen LogP contribution in [0.4, 0.5) is 0 Å². The fourth-order valence-electron chi connectivity index (χ4n) is 1.74. The van der Waals surface area contributed by atoms with Crippen molar-refractivity contribution in [3.63, 3.8) is 0 Å². The van der Waals surface area contributed by atoms with Crippen molar-refractivity contribution in [1.29, 1.82) is 0 Å². The maximum atomic E-state index is 5.46. The van der Waals surface area contributed by atoms with Gasteiger partial charge in [0.25, 0.3) is 0 Å². The molecule has 0 aromatic heterocycles. The Hall–Kier alpha value is -0.500. The number of alkyl halides is 1. The number of halogens is 1. The Morgan fingerprint density at radius 2 is 1.72 bits per heavy atom. The Bertz CT molecular complexity index is 350. The monoisotopic (exact) mass is 312 g/mol. The third-order valence-electron chi connectivity index (χ3n) is 3.59. The highest BCUT2D eigenvalue weighted by atomic mass is 79.9. The van der Waals surface area contributed by atoms with Crippen LogP contribution in [0.15, 0.2) is 24.3 Å². The van der Waals surface area contributed by atoms with E-state index in [1.54, 1.807) is 0 Å². The number of hydrogen-bond acceptors (Lipinski definition) is 1. The third-order valence-corrected chi connectivity index (χ3v) is 4.49. The molecule has 0 N–H and O–H groups in total. The molecule has 2 heteroatoms. The average Bonchev–Trinajstić information content (AvgIpc) is 2.29. The summed E-state index contributed by atoms with van der Waals surface area (Å²) >= 11 is 3.80. The van der Waals surface area contributed by atoms with Crippen LogP contribution < -0.4 is 4.74 Å². The van der Waals surface area contributed by atoms with E-state index in [-0.39, 0.29) is 0 Å². The molecule has 0 radical (unpaired) electrons. The first-order chi connectivity index (χ1) is 8.34. The van der Waals surface area contributed by atoms with Gasteiger partial charge in [-0.3, -0.25) is 0 Å². The molecule has 0 bridgehead atoms. The lowest BCUT2D eigenvalue weighted by Crippen LogP contribution is -2.18. The summed E-state index contributed by atoms with van der Waals surface area (Å²) in [6, 6.07) is 8.41. The van der Waals surface area contributed by atoms with E-state index in [0.29, 0.717) is 16.2 Å². The smallest absolute Gasteiger partial charge is 0.119 e. The molecule has 0 aliphatic rings. The number of rotatable bonds is 5. The lowest BCUT2D eigenvalue weighted by molar-refractivity contribution is 0.246. The Kier molecular flexibility index (Phi) is 5.71. The predicted molar refractivity (Wildman–Crippen MR) is 82.5 cm³/mol. The lowest BCUT2D eigenvalue weighted by Gasteiger charge is -2.29. The van der Waals surface area contributed by atoms with Gasteiger partial charge in [0.2, 0.25) is 0 Å². The summed E-state index contributed by atoms with van der Waals surface area (Å²) in [5, 5.41) is 0. The van der Waals surface area contributed by atoms with Gasteiger partial charge in [0.1, 0.15) is 5.75 Å². The summed E-state index contributed by atoms with van der Waals surface area (Å²) in [5.74, 6) is 1.62. The highest BCUT2D eigenvalue weighted by Crippen LogP contribution is 2.37. The molecule has 1 nitrogen and oxygen atoms in total. The molecule has 0 aliphatic carbocycles. The van der Waals surface area contributed by atoms with Gasteiger partial charge in [0.15, 0.2) is 0 Å². The Labute approximate surface area is 120 Å². The first-order valence-electron chi connectivity index (χ1n) is 6.71. The highest BCUT2D eigenvalue weighted by molar-refractivity contribution is 9.09. The van der Waals surface area contributed by atoms with Gasteiger partial charge in [-0.05, 0) is 42.4 Å². The largest absolute Gasteiger partial charge is 0.494 e. The maximum Gasteiger partial charge on any atom is 0.119 e. The van der Waals surface area contributed by atoms with Crippen LogP contribution in [0.25, 0.3) is 0 Å². The summed E-state index contributed by atoms with van der Waals surface area (Å²) in [7, 11) is 0. The van der Waals surface area contributed by atoms with Crippen LogP contribution in [0.1, 0.15) is 51.4 Å². The van der Waals surface area contributed by atoms with E-state index in [4.69, 9.17) is 4.74 Å². The number of ether oxygens (including phenoxy) is 1. The SMILES string of the molecule is CCOc1ccc(C(Br)CC(C)C(C)(C)C)cc1. The zero-order valence-electron chi connectivity index (χ0n) is 12.2. The normalized spacial score (nSPS) is 15.2. The topological polar surface area (TPSA) is 9.23 Å². The minimum atomic E-state index is 0.358. The molecule has 0 aliphatic heterocycles. The molecule has 0 saturated carbocycles. The minimum absolute atomic E-state index is 0.358. The average molecular weight is 313 g/mol. The fourth-order valence-corrected chi connectivity index (χ4v) is 2.61. The third kappa shape index (κ3) is 4.64. The van der Waals surface area contributed by atoms with Crippen LogP contribution in [0.3, 0.4) is 0 Å². The molecule has 1 aromatic rings. The van der Waals surface area contributed by atoms with E-state index >= 15 is 0 Å². The molecule has 1 rings (SSSR count). The van der Waals surface area contributed by atoms with Crippen molar-refractivity contribution in [1.82, 2.24) is 0 Å². The number of benzene rings is 1. The van der Waals surface area contributed by atoms with E-state index in [1.165, 1.54) is 5.56 Å².